The van der Waals surface area contributed by atoms with Crippen molar-refractivity contribution in [1.29, 1.82) is 0 Å². The number of benzene rings is 1. The first kappa shape index (κ1) is 17.3. The molecule has 1 fully saturated rings. The second kappa shape index (κ2) is 9.15. The molecule has 1 aromatic carbocycles. The van der Waals surface area contributed by atoms with Crippen LogP contribution in [0.3, 0.4) is 0 Å². The zero-order chi connectivity index (χ0) is 16.5. The van der Waals surface area contributed by atoms with Gasteiger partial charge in [-0.15, -0.1) is 0 Å². The molecule has 23 heavy (non-hydrogen) atoms. The van der Waals surface area contributed by atoms with E-state index < -0.39 is 5.91 Å². The summed E-state index contributed by atoms with van der Waals surface area (Å²) in [5.41, 5.74) is 5.61. The van der Waals surface area contributed by atoms with E-state index in [1.165, 1.54) is 12.8 Å². The molecule has 6 nitrogen and oxygen atoms in total. The van der Waals surface area contributed by atoms with E-state index in [1.807, 2.05) is 0 Å². The quantitative estimate of drug-likeness (QED) is 0.668. The van der Waals surface area contributed by atoms with Crippen LogP contribution in [-0.4, -0.2) is 38.1 Å². The largest absolute Gasteiger partial charge is 0.493 e. The summed E-state index contributed by atoms with van der Waals surface area (Å²) in [4.78, 5) is 22.9. The van der Waals surface area contributed by atoms with Crippen molar-refractivity contribution in [2.45, 2.75) is 25.7 Å². The lowest BCUT2D eigenvalue weighted by molar-refractivity contribution is -0.121. The molecule has 1 unspecified atom stereocenters. The van der Waals surface area contributed by atoms with Gasteiger partial charge in [0.15, 0.2) is 0 Å². The van der Waals surface area contributed by atoms with Crippen LogP contribution >= 0.6 is 0 Å². The maximum atomic E-state index is 11.8. The molecule has 1 aromatic rings. The van der Waals surface area contributed by atoms with Crippen LogP contribution in [0.25, 0.3) is 0 Å². The van der Waals surface area contributed by atoms with Gasteiger partial charge in [0.1, 0.15) is 5.75 Å². The van der Waals surface area contributed by atoms with Gasteiger partial charge in [0.25, 0.3) is 0 Å². The molecule has 0 bridgehead atoms. The fourth-order valence-electron chi connectivity index (χ4n) is 2.68. The smallest absolute Gasteiger partial charge is 0.248 e. The number of amides is 2. The van der Waals surface area contributed by atoms with Crippen LogP contribution in [0.2, 0.25) is 0 Å². The third kappa shape index (κ3) is 6.28. The minimum Gasteiger partial charge on any atom is -0.493 e. The minimum atomic E-state index is -0.495. The summed E-state index contributed by atoms with van der Waals surface area (Å²) < 4.78 is 5.49. The Kier molecular flexibility index (Phi) is 6.87. The van der Waals surface area contributed by atoms with Gasteiger partial charge in [-0.25, -0.2) is 0 Å². The zero-order valence-corrected chi connectivity index (χ0v) is 13.3. The summed E-state index contributed by atoms with van der Waals surface area (Å²) in [5, 5.41) is 6.30. The normalized spacial score (nSPS) is 17.5. The average molecular weight is 319 g/mol. The number of rotatable bonds is 8. The van der Waals surface area contributed by atoms with Crippen LogP contribution in [0.15, 0.2) is 24.3 Å². The predicted octanol–water partition coefficient (Wildman–Crippen LogP) is 1.06. The summed E-state index contributed by atoms with van der Waals surface area (Å²) in [6, 6.07) is 6.65. The van der Waals surface area contributed by atoms with Crippen LogP contribution < -0.4 is 21.1 Å². The van der Waals surface area contributed by atoms with E-state index in [0.717, 1.165) is 19.5 Å². The molecule has 1 heterocycles. The highest BCUT2D eigenvalue weighted by molar-refractivity contribution is 5.93. The molecule has 1 aliphatic heterocycles. The Morgan fingerprint density at radius 3 is 3.00 bits per heavy atom. The van der Waals surface area contributed by atoms with Gasteiger partial charge in [-0.1, -0.05) is 6.07 Å². The number of primary amides is 1. The van der Waals surface area contributed by atoms with Gasteiger partial charge in [0.05, 0.1) is 13.0 Å². The third-order valence-corrected chi connectivity index (χ3v) is 3.99. The molecule has 6 heteroatoms. The first-order valence-electron chi connectivity index (χ1n) is 8.15. The molecule has 0 saturated carbocycles. The Bertz CT molecular complexity index is 528. The van der Waals surface area contributed by atoms with Gasteiger partial charge in [0, 0.05) is 12.1 Å². The number of carbonyl (C=O) groups is 2. The van der Waals surface area contributed by atoms with Crippen molar-refractivity contribution in [1.82, 2.24) is 10.6 Å². The topological polar surface area (TPSA) is 93.5 Å². The number of nitrogens with two attached hydrogens (primary N) is 1. The highest BCUT2D eigenvalue weighted by Crippen LogP contribution is 2.14. The van der Waals surface area contributed by atoms with Gasteiger partial charge >= 0.3 is 0 Å². The predicted molar refractivity (Wildman–Crippen MR) is 88.3 cm³/mol. The Hall–Kier alpha value is -2.08. The zero-order valence-electron chi connectivity index (χ0n) is 13.3. The van der Waals surface area contributed by atoms with Crippen molar-refractivity contribution in [2.24, 2.45) is 11.7 Å². The molecule has 0 aromatic heterocycles. The lowest BCUT2D eigenvalue weighted by Crippen LogP contribution is -2.33. The minimum absolute atomic E-state index is 0.0141. The van der Waals surface area contributed by atoms with E-state index in [-0.39, 0.29) is 12.5 Å². The van der Waals surface area contributed by atoms with Crippen LogP contribution in [0.1, 0.15) is 36.0 Å². The third-order valence-electron chi connectivity index (χ3n) is 3.99. The van der Waals surface area contributed by atoms with E-state index in [0.29, 0.717) is 30.2 Å². The van der Waals surface area contributed by atoms with Crippen molar-refractivity contribution in [3.05, 3.63) is 29.8 Å². The first-order chi connectivity index (χ1) is 11.1. The van der Waals surface area contributed by atoms with Crippen LogP contribution in [-0.2, 0) is 4.79 Å². The monoisotopic (exact) mass is 319 g/mol. The van der Waals surface area contributed by atoms with E-state index in [2.05, 4.69) is 10.6 Å². The van der Waals surface area contributed by atoms with Gasteiger partial charge in [0.2, 0.25) is 11.8 Å². The summed E-state index contributed by atoms with van der Waals surface area (Å²) in [5.74, 6) is 0.699. The van der Waals surface area contributed by atoms with E-state index >= 15 is 0 Å². The second-order valence-corrected chi connectivity index (χ2v) is 5.84. The van der Waals surface area contributed by atoms with E-state index in [4.69, 9.17) is 10.5 Å². The van der Waals surface area contributed by atoms with Gasteiger partial charge in [-0.05, 0) is 56.5 Å². The van der Waals surface area contributed by atoms with Crippen LogP contribution in [0.4, 0.5) is 0 Å². The Morgan fingerprint density at radius 1 is 1.39 bits per heavy atom. The molecular weight excluding hydrogens is 294 g/mol. The number of carbonyl (C=O) groups excluding carboxylic acids is 2. The summed E-state index contributed by atoms with van der Waals surface area (Å²) in [6.07, 6.45) is 3.77. The van der Waals surface area contributed by atoms with Crippen molar-refractivity contribution in [2.75, 3.05) is 26.2 Å². The highest BCUT2D eigenvalue weighted by Gasteiger charge is 2.12. The van der Waals surface area contributed by atoms with Crippen molar-refractivity contribution < 1.29 is 14.3 Å². The standard InChI is InChI=1S/C17H25N3O3/c18-17(22)14-4-1-5-15(11-14)23-10-7-16(21)20-9-6-13-3-2-8-19-12-13/h1,4-5,11,13,19H,2-3,6-10,12H2,(H2,18,22)(H,20,21). The first-order valence-corrected chi connectivity index (χ1v) is 8.15. The van der Waals surface area contributed by atoms with Gasteiger partial charge < -0.3 is 21.1 Å². The molecule has 4 N–H and O–H groups in total. The molecule has 1 aliphatic rings. The molecule has 0 aliphatic carbocycles. The maximum absolute atomic E-state index is 11.8. The number of hydrogen-bond donors (Lipinski definition) is 3. The van der Waals surface area contributed by atoms with E-state index in [1.54, 1.807) is 24.3 Å². The number of piperidine rings is 1. The number of ether oxygens (including phenoxy) is 1. The highest BCUT2D eigenvalue weighted by atomic mass is 16.5. The molecular formula is C17H25N3O3. The van der Waals surface area contributed by atoms with Crippen LogP contribution in [0.5, 0.6) is 5.75 Å². The van der Waals surface area contributed by atoms with E-state index in [9.17, 15) is 9.59 Å². The number of nitrogens with one attached hydrogen (secondary N) is 2. The second-order valence-electron chi connectivity index (χ2n) is 5.84. The molecule has 1 saturated heterocycles. The molecule has 2 rings (SSSR count). The van der Waals surface area contributed by atoms with Crippen LogP contribution in [0, 0.1) is 5.92 Å². The summed E-state index contributed by atoms with van der Waals surface area (Å²) in [6.45, 7) is 3.15. The molecule has 0 radical (unpaired) electrons. The number of hydrogen-bond acceptors (Lipinski definition) is 4. The van der Waals surface area contributed by atoms with Crippen molar-refractivity contribution in [3.63, 3.8) is 0 Å². The SMILES string of the molecule is NC(=O)c1cccc(OCCC(=O)NCCC2CCCNC2)c1. The Morgan fingerprint density at radius 2 is 2.26 bits per heavy atom. The average Bonchev–Trinajstić information content (AvgIpc) is 2.56. The molecule has 0 spiro atoms. The van der Waals surface area contributed by atoms with Gasteiger partial charge in [-0.2, -0.15) is 0 Å². The maximum Gasteiger partial charge on any atom is 0.248 e. The molecule has 126 valence electrons. The summed E-state index contributed by atoms with van der Waals surface area (Å²) in [7, 11) is 0. The lowest BCUT2D eigenvalue weighted by Gasteiger charge is -2.22. The Balaban J connectivity index is 1.60. The summed E-state index contributed by atoms with van der Waals surface area (Å²) >= 11 is 0. The molecule has 1 atom stereocenters. The fourth-order valence-corrected chi connectivity index (χ4v) is 2.68. The molecule has 2 amide bonds. The lowest BCUT2D eigenvalue weighted by atomic mass is 9.96. The Labute approximate surface area is 136 Å². The van der Waals surface area contributed by atoms with Crippen molar-refractivity contribution >= 4 is 11.8 Å². The fraction of sp³-hybridized carbons (Fsp3) is 0.529. The van der Waals surface area contributed by atoms with Crippen molar-refractivity contribution in [3.8, 4) is 5.75 Å². The van der Waals surface area contributed by atoms with Gasteiger partial charge in [-0.3, -0.25) is 9.59 Å².